The Hall–Kier alpha value is -3.29. The summed E-state index contributed by atoms with van der Waals surface area (Å²) in [7, 11) is 0. The van der Waals surface area contributed by atoms with Crippen molar-refractivity contribution in [2.45, 2.75) is 13.0 Å². The van der Waals surface area contributed by atoms with Crippen LogP contribution in [0.15, 0.2) is 52.9 Å². The maximum Gasteiger partial charge on any atom is 0.311 e. The average molecular weight is 329 g/mol. The van der Waals surface area contributed by atoms with Crippen molar-refractivity contribution in [1.29, 1.82) is 0 Å². The number of nitro groups is 1. The standard InChI is InChI=1S/C16H12FN3O4/c1-10(23-14-9-12(17)7-8-13(14)20(21)22)15-18-19-16(24-15)11-5-3-2-4-6-11/h2-10H,1H3/t10-/m1/s1. The van der Waals surface area contributed by atoms with Gasteiger partial charge >= 0.3 is 5.69 Å². The van der Waals surface area contributed by atoms with E-state index in [4.69, 9.17) is 9.15 Å². The van der Waals surface area contributed by atoms with E-state index in [-0.39, 0.29) is 17.3 Å². The van der Waals surface area contributed by atoms with Gasteiger partial charge < -0.3 is 9.15 Å². The summed E-state index contributed by atoms with van der Waals surface area (Å²) in [6, 6.07) is 12.1. The fourth-order valence-corrected chi connectivity index (χ4v) is 2.07. The van der Waals surface area contributed by atoms with Gasteiger partial charge in [-0.2, -0.15) is 0 Å². The minimum absolute atomic E-state index is 0.132. The lowest BCUT2D eigenvalue weighted by molar-refractivity contribution is -0.386. The zero-order chi connectivity index (χ0) is 17.1. The molecule has 0 bridgehead atoms. The third kappa shape index (κ3) is 3.22. The summed E-state index contributed by atoms with van der Waals surface area (Å²) in [5.74, 6) is -0.410. The van der Waals surface area contributed by atoms with Gasteiger partial charge in [-0.3, -0.25) is 10.1 Å². The molecule has 1 heterocycles. The Kier molecular flexibility index (Phi) is 4.19. The van der Waals surface area contributed by atoms with Crippen LogP contribution in [0.5, 0.6) is 5.75 Å². The Balaban J connectivity index is 1.84. The van der Waals surface area contributed by atoms with Gasteiger partial charge in [0, 0.05) is 17.7 Å². The van der Waals surface area contributed by atoms with Gasteiger partial charge in [-0.1, -0.05) is 18.2 Å². The van der Waals surface area contributed by atoms with E-state index in [1.807, 2.05) is 18.2 Å². The molecule has 2 aromatic carbocycles. The highest BCUT2D eigenvalue weighted by atomic mass is 19.1. The summed E-state index contributed by atoms with van der Waals surface area (Å²) in [4.78, 5) is 10.3. The highest BCUT2D eigenvalue weighted by molar-refractivity contribution is 5.51. The highest BCUT2D eigenvalue weighted by Crippen LogP contribution is 2.32. The molecule has 0 spiro atoms. The molecule has 0 aliphatic rings. The number of ether oxygens (including phenoxy) is 1. The molecule has 1 atom stereocenters. The smallest absolute Gasteiger partial charge is 0.311 e. The van der Waals surface area contributed by atoms with Gasteiger partial charge in [0.05, 0.1) is 4.92 Å². The Morgan fingerprint density at radius 1 is 1.21 bits per heavy atom. The third-order valence-corrected chi connectivity index (χ3v) is 3.23. The second-order valence-electron chi connectivity index (χ2n) is 4.94. The van der Waals surface area contributed by atoms with Gasteiger partial charge in [0.1, 0.15) is 5.82 Å². The molecule has 1 aromatic heterocycles. The highest BCUT2D eigenvalue weighted by Gasteiger charge is 2.22. The maximum atomic E-state index is 13.3. The van der Waals surface area contributed by atoms with Crippen LogP contribution in [0.3, 0.4) is 0 Å². The van der Waals surface area contributed by atoms with Crippen LogP contribution in [0.2, 0.25) is 0 Å². The van der Waals surface area contributed by atoms with E-state index < -0.39 is 16.8 Å². The number of nitro benzene ring substituents is 1. The van der Waals surface area contributed by atoms with Gasteiger partial charge in [-0.15, -0.1) is 10.2 Å². The van der Waals surface area contributed by atoms with Gasteiger partial charge in [0.25, 0.3) is 5.89 Å². The van der Waals surface area contributed by atoms with E-state index in [9.17, 15) is 14.5 Å². The summed E-state index contributed by atoms with van der Waals surface area (Å²) >= 11 is 0. The molecule has 24 heavy (non-hydrogen) atoms. The fraction of sp³-hybridized carbons (Fsp3) is 0.125. The normalized spacial score (nSPS) is 11.9. The number of hydrogen-bond donors (Lipinski definition) is 0. The lowest BCUT2D eigenvalue weighted by Crippen LogP contribution is -2.05. The molecule has 0 saturated carbocycles. The largest absolute Gasteiger partial charge is 0.474 e. The molecule has 122 valence electrons. The van der Waals surface area contributed by atoms with Crippen molar-refractivity contribution in [3.05, 3.63) is 70.4 Å². The van der Waals surface area contributed by atoms with E-state index in [1.54, 1.807) is 19.1 Å². The Morgan fingerprint density at radius 3 is 2.67 bits per heavy atom. The lowest BCUT2D eigenvalue weighted by atomic mass is 10.2. The molecule has 3 rings (SSSR count). The van der Waals surface area contributed by atoms with Crippen molar-refractivity contribution in [1.82, 2.24) is 10.2 Å². The van der Waals surface area contributed by atoms with Crippen molar-refractivity contribution >= 4 is 5.69 Å². The van der Waals surface area contributed by atoms with Crippen molar-refractivity contribution in [2.75, 3.05) is 0 Å². The Labute approximate surface area is 135 Å². The monoisotopic (exact) mass is 329 g/mol. The molecule has 0 aliphatic heterocycles. The first-order chi connectivity index (χ1) is 11.5. The number of nitrogens with zero attached hydrogens (tertiary/aromatic N) is 3. The molecule has 0 unspecified atom stereocenters. The maximum absolute atomic E-state index is 13.3. The van der Waals surface area contributed by atoms with Gasteiger partial charge in [0.2, 0.25) is 11.6 Å². The first-order valence-electron chi connectivity index (χ1n) is 7.04. The lowest BCUT2D eigenvalue weighted by Gasteiger charge is -2.11. The van der Waals surface area contributed by atoms with E-state index in [0.29, 0.717) is 5.89 Å². The van der Waals surface area contributed by atoms with Crippen LogP contribution in [-0.2, 0) is 0 Å². The number of rotatable bonds is 5. The van der Waals surface area contributed by atoms with Crippen LogP contribution in [0.4, 0.5) is 10.1 Å². The second-order valence-corrected chi connectivity index (χ2v) is 4.94. The average Bonchev–Trinajstić information content (AvgIpc) is 3.05. The predicted octanol–water partition coefficient (Wildman–Crippen LogP) is 3.92. The minimum atomic E-state index is -0.782. The van der Waals surface area contributed by atoms with Gasteiger partial charge in [-0.05, 0) is 25.1 Å². The van der Waals surface area contributed by atoms with Crippen molar-refractivity contribution in [3.8, 4) is 17.2 Å². The van der Waals surface area contributed by atoms with Crippen molar-refractivity contribution in [3.63, 3.8) is 0 Å². The summed E-state index contributed by atoms with van der Waals surface area (Å²) in [5.41, 5.74) is 0.395. The molecule has 8 heteroatoms. The van der Waals surface area contributed by atoms with Crippen LogP contribution in [0.1, 0.15) is 18.9 Å². The third-order valence-electron chi connectivity index (χ3n) is 3.23. The number of hydrogen-bond acceptors (Lipinski definition) is 6. The van der Waals surface area contributed by atoms with E-state index in [1.165, 1.54) is 0 Å². The zero-order valence-corrected chi connectivity index (χ0v) is 12.5. The summed E-state index contributed by atoms with van der Waals surface area (Å²) < 4.78 is 24.3. The molecule has 0 fully saturated rings. The van der Waals surface area contributed by atoms with Crippen LogP contribution >= 0.6 is 0 Å². The molecular weight excluding hydrogens is 317 g/mol. The Morgan fingerprint density at radius 2 is 1.96 bits per heavy atom. The quantitative estimate of drug-likeness (QED) is 0.520. The number of aromatic nitrogens is 2. The minimum Gasteiger partial charge on any atom is -0.474 e. The number of benzene rings is 2. The first kappa shape index (κ1) is 15.6. The summed E-state index contributed by atoms with van der Waals surface area (Å²) in [6.45, 7) is 1.58. The van der Waals surface area contributed by atoms with Gasteiger partial charge in [0.15, 0.2) is 6.10 Å². The molecule has 0 radical (unpaired) electrons. The molecule has 0 aliphatic carbocycles. The molecule has 0 saturated heterocycles. The zero-order valence-electron chi connectivity index (χ0n) is 12.5. The molecule has 0 N–H and O–H groups in total. The van der Waals surface area contributed by atoms with Crippen LogP contribution in [-0.4, -0.2) is 15.1 Å². The van der Waals surface area contributed by atoms with Crippen molar-refractivity contribution in [2.24, 2.45) is 0 Å². The van der Waals surface area contributed by atoms with E-state index in [0.717, 1.165) is 23.8 Å². The van der Waals surface area contributed by atoms with Gasteiger partial charge in [-0.25, -0.2) is 4.39 Å². The van der Waals surface area contributed by atoms with Crippen LogP contribution in [0.25, 0.3) is 11.5 Å². The Bertz CT molecular complexity index is 867. The number of halogens is 1. The predicted molar refractivity (Wildman–Crippen MR) is 81.8 cm³/mol. The topological polar surface area (TPSA) is 91.3 Å². The van der Waals surface area contributed by atoms with Crippen LogP contribution < -0.4 is 4.74 Å². The van der Waals surface area contributed by atoms with E-state index in [2.05, 4.69) is 10.2 Å². The van der Waals surface area contributed by atoms with Crippen LogP contribution in [0, 0.1) is 15.9 Å². The molecule has 7 nitrogen and oxygen atoms in total. The van der Waals surface area contributed by atoms with Crippen molar-refractivity contribution < 1.29 is 18.5 Å². The molecule has 3 aromatic rings. The second kappa shape index (κ2) is 6.45. The fourth-order valence-electron chi connectivity index (χ4n) is 2.07. The SMILES string of the molecule is C[C@@H](Oc1cc(F)ccc1[N+](=O)[O-])c1nnc(-c2ccccc2)o1. The molecule has 0 amide bonds. The summed E-state index contributed by atoms with van der Waals surface area (Å²) in [6.07, 6.45) is -0.782. The molecular formula is C16H12FN3O4. The van der Waals surface area contributed by atoms with E-state index >= 15 is 0 Å². The summed E-state index contributed by atoms with van der Waals surface area (Å²) in [5, 5.41) is 18.8. The first-order valence-corrected chi connectivity index (χ1v) is 7.04.